The summed E-state index contributed by atoms with van der Waals surface area (Å²) in [6, 6.07) is 7.12. The van der Waals surface area contributed by atoms with Gasteiger partial charge in [0.1, 0.15) is 6.61 Å². The van der Waals surface area contributed by atoms with Crippen molar-refractivity contribution in [2.24, 2.45) is 0 Å². The first-order valence-corrected chi connectivity index (χ1v) is 6.29. The van der Waals surface area contributed by atoms with E-state index in [2.05, 4.69) is 5.32 Å². The first-order chi connectivity index (χ1) is 9.27. The third-order valence-electron chi connectivity index (χ3n) is 2.51. The monoisotopic (exact) mass is 267 g/mol. The molecule has 5 nitrogen and oxygen atoms in total. The van der Waals surface area contributed by atoms with Crippen LogP contribution in [0.25, 0.3) is 0 Å². The van der Waals surface area contributed by atoms with Gasteiger partial charge in [0.2, 0.25) is 0 Å². The maximum atomic E-state index is 11.7. The van der Waals surface area contributed by atoms with Gasteiger partial charge in [-0.25, -0.2) is 4.79 Å². The van der Waals surface area contributed by atoms with Gasteiger partial charge in [0.15, 0.2) is 0 Å². The highest BCUT2D eigenvalue weighted by Gasteiger charge is 2.06. The minimum atomic E-state index is -0.330. The van der Waals surface area contributed by atoms with Crippen molar-refractivity contribution in [3.8, 4) is 0 Å². The molecule has 0 unspecified atom stereocenters. The van der Waals surface area contributed by atoms with Crippen molar-refractivity contribution in [1.29, 1.82) is 0 Å². The number of carbonyl (C=O) groups excluding carboxylic acids is 1. The highest BCUT2D eigenvalue weighted by Crippen LogP contribution is 2.09. The molecule has 1 aromatic carbocycles. The Morgan fingerprint density at radius 2 is 1.84 bits per heavy atom. The first-order valence-electron chi connectivity index (χ1n) is 6.29. The standard InChI is InChI=1S/C14H21NO4/c1-15-13-6-4-12(5-7-13)14(16)19-11-10-18-9-3-8-17-2/h4-7,15H,3,8-11H2,1-2H3. The van der Waals surface area contributed by atoms with E-state index in [1.807, 2.05) is 19.2 Å². The highest BCUT2D eigenvalue weighted by atomic mass is 16.6. The number of rotatable bonds is 9. The number of carbonyl (C=O) groups is 1. The third-order valence-corrected chi connectivity index (χ3v) is 2.51. The second kappa shape index (κ2) is 9.35. The zero-order valence-electron chi connectivity index (χ0n) is 11.5. The smallest absolute Gasteiger partial charge is 0.338 e. The molecule has 0 spiro atoms. The quantitative estimate of drug-likeness (QED) is 0.547. The SMILES string of the molecule is CNc1ccc(C(=O)OCCOCCCOC)cc1. The van der Waals surface area contributed by atoms with Crippen molar-refractivity contribution in [2.75, 3.05) is 45.9 Å². The van der Waals surface area contributed by atoms with Crippen LogP contribution in [-0.2, 0) is 14.2 Å². The van der Waals surface area contributed by atoms with E-state index in [4.69, 9.17) is 14.2 Å². The summed E-state index contributed by atoms with van der Waals surface area (Å²) >= 11 is 0. The summed E-state index contributed by atoms with van der Waals surface area (Å²) in [6.45, 7) is 1.96. The lowest BCUT2D eigenvalue weighted by Crippen LogP contribution is -2.11. The number of nitrogens with one attached hydrogen (secondary N) is 1. The van der Waals surface area contributed by atoms with Gasteiger partial charge in [-0.15, -0.1) is 0 Å². The summed E-state index contributed by atoms with van der Waals surface area (Å²) < 4.78 is 15.3. The molecule has 5 heteroatoms. The Labute approximate surface area is 113 Å². The van der Waals surface area contributed by atoms with Gasteiger partial charge in [-0.3, -0.25) is 0 Å². The fourth-order valence-electron chi connectivity index (χ4n) is 1.46. The molecule has 0 bridgehead atoms. The second-order valence-electron chi connectivity index (χ2n) is 3.92. The molecule has 0 atom stereocenters. The van der Waals surface area contributed by atoms with Crippen molar-refractivity contribution in [3.05, 3.63) is 29.8 Å². The van der Waals surface area contributed by atoms with Crippen LogP contribution < -0.4 is 5.32 Å². The zero-order chi connectivity index (χ0) is 13.9. The number of anilines is 1. The minimum absolute atomic E-state index is 0.263. The highest BCUT2D eigenvalue weighted by molar-refractivity contribution is 5.89. The van der Waals surface area contributed by atoms with Gasteiger partial charge >= 0.3 is 5.97 Å². The first kappa shape index (κ1) is 15.5. The molecule has 0 saturated carbocycles. The fourth-order valence-corrected chi connectivity index (χ4v) is 1.46. The molecule has 0 saturated heterocycles. The molecule has 0 amide bonds. The average Bonchev–Trinajstić information content (AvgIpc) is 2.46. The van der Waals surface area contributed by atoms with Gasteiger partial charge in [0.05, 0.1) is 12.2 Å². The maximum absolute atomic E-state index is 11.7. The molecule has 1 N–H and O–H groups in total. The van der Waals surface area contributed by atoms with Crippen LogP contribution in [0.1, 0.15) is 16.8 Å². The summed E-state index contributed by atoms with van der Waals surface area (Å²) in [4.78, 5) is 11.7. The van der Waals surface area contributed by atoms with Crippen LogP contribution in [0.2, 0.25) is 0 Å². The van der Waals surface area contributed by atoms with Gasteiger partial charge in [-0.1, -0.05) is 0 Å². The van der Waals surface area contributed by atoms with E-state index < -0.39 is 0 Å². The summed E-state index contributed by atoms with van der Waals surface area (Å²) in [7, 11) is 3.48. The predicted molar refractivity (Wildman–Crippen MR) is 73.6 cm³/mol. The van der Waals surface area contributed by atoms with E-state index in [1.165, 1.54) is 0 Å². The second-order valence-corrected chi connectivity index (χ2v) is 3.92. The normalized spacial score (nSPS) is 10.2. The molecule has 106 valence electrons. The Kier molecular flexibility index (Phi) is 7.62. The van der Waals surface area contributed by atoms with Crippen LogP contribution in [0.4, 0.5) is 5.69 Å². The van der Waals surface area contributed by atoms with Crippen molar-refractivity contribution in [1.82, 2.24) is 0 Å². The molecule has 0 aliphatic rings. The average molecular weight is 267 g/mol. The number of methoxy groups -OCH3 is 1. The fraction of sp³-hybridized carbons (Fsp3) is 0.500. The van der Waals surface area contributed by atoms with Crippen LogP contribution in [-0.4, -0.2) is 46.6 Å². The maximum Gasteiger partial charge on any atom is 0.338 e. The van der Waals surface area contributed by atoms with Crippen LogP contribution in [0.3, 0.4) is 0 Å². The molecular weight excluding hydrogens is 246 g/mol. The third kappa shape index (κ3) is 6.22. The van der Waals surface area contributed by atoms with Crippen LogP contribution in [0.15, 0.2) is 24.3 Å². The number of hydrogen-bond acceptors (Lipinski definition) is 5. The van der Waals surface area contributed by atoms with Crippen LogP contribution in [0.5, 0.6) is 0 Å². The van der Waals surface area contributed by atoms with Gasteiger partial charge in [-0.2, -0.15) is 0 Å². The van der Waals surface area contributed by atoms with E-state index in [1.54, 1.807) is 19.2 Å². The Morgan fingerprint density at radius 3 is 2.47 bits per heavy atom. The van der Waals surface area contributed by atoms with Gasteiger partial charge in [0, 0.05) is 33.1 Å². The van der Waals surface area contributed by atoms with Crippen LogP contribution in [0, 0.1) is 0 Å². The molecule has 1 aromatic rings. The summed E-state index contributed by atoms with van der Waals surface area (Å²) in [5.41, 5.74) is 1.50. The van der Waals surface area contributed by atoms with E-state index in [0.29, 0.717) is 25.4 Å². The minimum Gasteiger partial charge on any atom is -0.460 e. The van der Waals surface area contributed by atoms with Crippen molar-refractivity contribution in [3.63, 3.8) is 0 Å². The number of benzene rings is 1. The van der Waals surface area contributed by atoms with Gasteiger partial charge in [0.25, 0.3) is 0 Å². The molecule has 0 radical (unpaired) electrons. The van der Waals surface area contributed by atoms with Crippen molar-refractivity contribution < 1.29 is 19.0 Å². The van der Waals surface area contributed by atoms with E-state index in [0.717, 1.165) is 12.1 Å². The largest absolute Gasteiger partial charge is 0.460 e. The summed E-state index contributed by atoms with van der Waals surface area (Å²) in [5, 5.41) is 2.99. The Bertz CT molecular complexity index is 364. The Balaban J connectivity index is 2.16. The predicted octanol–water partition coefficient (Wildman–Crippen LogP) is 1.94. The van der Waals surface area contributed by atoms with E-state index >= 15 is 0 Å². The number of esters is 1. The van der Waals surface area contributed by atoms with Crippen molar-refractivity contribution >= 4 is 11.7 Å². The topological polar surface area (TPSA) is 56.8 Å². The van der Waals surface area contributed by atoms with Crippen molar-refractivity contribution in [2.45, 2.75) is 6.42 Å². The molecule has 0 fully saturated rings. The molecule has 0 aromatic heterocycles. The van der Waals surface area contributed by atoms with Crippen LogP contribution >= 0.6 is 0 Å². The number of ether oxygens (including phenoxy) is 3. The lowest BCUT2D eigenvalue weighted by molar-refractivity contribution is 0.0288. The molecule has 0 aliphatic heterocycles. The molecular formula is C14H21NO4. The summed E-state index contributed by atoms with van der Waals surface area (Å²) in [5.74, 6) is -0.330. The molecule has 0 heterocycles. The van der Waals surface area contributed by atoms with Gasteiger partial charge in [-0.05, 0) is 30.7 Å². The van der Waals surface area contributed by atoms with Gasteiger partial charge < -0.3 is 19.5 Å². The number of hydrogen-bond donors (Lipinski definition) is 1. The Hall–Kier alpha value is -1.59. The molecule has 1 rings (SSSR count). The lowest BCUT2D eigenvalue weighted by atomic mass is 10.2. The van der Waals surface area contributed by atoms with E-state index in [-0.39, 0.29) is 12.6 Å². The Morgan fingerprint density at radius 1 is 1.11 bits per heavy atom. The lowest BCUT2D eigenvalue weighted by Gasteiger charge is -2.06. The summed E-state index contributed by atoms with van der Waals surface area (Å²) in [6.07, 6.45) is 0.843. The zero-order valence-corrected chi connectivity index (χ0v) is 11.5. The molecule has 0 aliphatic carbocycles. The van der Waals surface area contributed by atoms with E-state index in [9.17, 15) is 4.79 Å². The molecule has 19 heavy (non-hydrogen) atoms.